The lowest BCUT2D eigenvalue weighted by Crippen LogP contribution is -2.15. The van der Waals surface area contributed by atoms with Gasteiger partial charge in [-0.05, 0) is 23.9 Å². The van der Waals surface area contributed by atoms with Crippen LogP contribution in [-0.4, -0.2) is 43.6 Å². The lowest BCUT2D eigenvalue weighted by Gasteiger charge is -2.10. The van der Waals surface area contributed by atoms with E-state index in [1.54, 1.807) is 4.90 Å². The molecular weight excluding hydrogens is 276 g/mol. The first-order valence-corrected chi connectivity index (χ1v) is 6.61. The van der Waals surface area contributed by atoms with Crippen molar-refractivity contribution in [1.82, 2.24) is 29.5 Å². The summed E-state index contributed by atoms with van der Waals surface area (Å²) in [5, 5.41) is 9.35. The zero-order valence-corrected chi connectivity index (χ0v) is 11.7. The molecule has 0 aromatic carbocycles. The van der Waals surface area contributed by atoms with Gasteiger partial charge in [0.15, 0.2) is 5.65 Å². The molecule has 2 N–H and O–H groups in total. The van der Waals surface area contributed by atoms with Crippen molar-refractivity contribution in [1.29, 1.82) is 0 Å². The number of nitrogens with two attached hydrogens (primary N) is 1. The first-order chi connectivity index (χ1) is 9.63. The molecule has 9 heteroatoms. The molecule has 102 valence electrons. The minimum absolute atomic E-state index is 0.181. The Bertz CT molecular complexity index is 753. The van der Waals surface area contributed by atoms with Crippen LogP contribution in [0.15, 0.2) is 34.7 Å². The van der Waals surface area contributed by atoms with Crippen LogP contribution < -0.4 is 10.6 Å². The molecule has 3 aromatic heterocycles. The largest absolute Gasteiger partial charge is 0.368 e. The van der Waals surface area contributed by atoms with Gasteiger partial charge in [0.05, 0.1) is 0 Å². The highest BCUT2D eigenvalue weighted by atomic mass is 32.2. The molecule has 0 fully saturated rings. The summed E-state index contributed by atoms with van der Waals surface area (Å²) in [6.45, 7) is 0. The highest BCUT2D eigenvalue weighted by Crippen LogP contribution is 2.24. The van der Waals surface area contributed by atoms with Gasteiger partial charge in [-0.1, -0.05) is 6.07 Å². The molecule has 0 amide bonds. The number of rotatable bonds is 3. The summed E-state index contributed by atoms with van der Waals surface area (Å²) in [4.78, 5) is 14.2. The Balaban J connectivity index is 1.98. The van der Waals surface area contributed by atoms with E-state index in [-0.39, 0.29) is 5.95 Å². The molecule has 0 atom stereocenters. The quantitative estimate of drug-likeness (QED) is 0.752. The summed E-state index contributed by atoms with van der Waals surface area (Å²) in [5.41, 5.74) is 6.46. The van der Waals surface area contributed by atoms with Gasteiger partial charge >= 0.3 is 0 Å². The number of hydrogen-bond acceptors (Lipinski definition) is 8. The van der Waals surface area contributed by atoms with Crippen molar-refractivity contribution < 1.29 is 0 Å². The number of nitrogen functional groups attached to an aromatic ring is 1. The van der Waals surface area contributed by atoms with Gasteiger partial charge < -0.3 is 10.6 Å². The van der Waals surface area contributed by atoms with Crippen molar-refractivity contribution in [2.75, 3.05) is 24.7 Å². The minimum Gasteiger partial charge on any atom is -0.368 e. The summed E-state index contributed by atoms with van der Waals surface area (Å²) < 4.78 is 1.86. The summed E-state index contributed by atoms with van der Waals surface area (Å²) in [6.07, 6.45) is 1.88. The number of fused-ring (bicyclic) bond motifs is 1. The van der Waals surface area contributed by atoms with E-state index in [1.165, 1.54) is 11.8 Å². The van der Waals surface area contributed by atoms with Crippen LogP contribution in [0.2, 0.25) is 0 Å². The summed E-state index contributed by atoms with van der Waals surface area (Å²) in [6, 6.07) is 5.70. The summed E-state index contributed by atoms with van der Waals surface area (Å²) in [7, 11) is 3.69. The van der Waals surface area contributed by atoms with Crippen LogP contribution in [0.3, 0.4) is 0 Å². The Labute approximate surface area is 119 Å². The first-order valence-electron chi connectivity index (χ1n) is 5.80. The molecule has 0 bridgehead atoms. The Morgan fingerprint density at radius 3 is 2.80 bits per heavy atom. The van der Waals surface area contributed by atoms with Gasteiger partial charge in [0, 0.05) is 20.3 Å². The van der Waals surface area contributed by atoms with Crippen LogP contribution in [0.4, 0.5) is 11.9 Å². The molecule has 0 spiro atoms. The molecule has 0 radical (unpaired) electrons. The SMILES string of the molecule is CN(C)c1nc(N)nc(Sc2nnc3ccccn23)n1. The van der Waals surface area contributed by atoms with Gasteiger partial charge in [-0.15, -0.1) is 10.2 Å². The standard InChI is InChI=1S/C11H12N8S/c1-18(2)9-13-8(12)14-10(15-9)20-11-17-16-7-5-3-4-6-19(7)11/h3-6H,1-2H3,(H2,12,13,14,15). The predicted octanol–water partition coefficient (Wildman–Crippen LogP) is 0.714. The highest BCUT2D eigenvalue weighted by molar-refractivity contribution is 7.99. The molecule has 0 unspecified atom stereocenters. The lowest BCUT2D eigenvalue weighted by molar-refractivity contribution is 0.860. The maximum absolute atomic E-state index is 5.69. The topological polar surface area (TPSA) is 98.1 Å². The van der Waals surface area contributed by atoms with E-state index in [0.29, 0.717) is 16.3 Å². The van der Waals surface area contributed by atoms with Crippen molar-refractivity contribution in [2.24, 2.45) is 0 Å². The van der Waals surface area contributed by atoms with E-state index < -0.39 is 0 Å². The number of aromatic nitrogens is 6. The maximum Gasteiger partial charge on any atom is 0.230 e. The number of pyridine rings is 1. The van der Waals surface area contributed by atoms with Crippen molar-refractivity contribution in [2.45, 2.75) is 10.3 Å². The molecule has 20 heavy (non-hydrogen) atoms. The average molecular weight is 288 g/mol. The second-order valence-electron chi connectivity index (χ2n) is 4.18. The maximum atomic E-state index is 5.69. The molecular formula is C11H12N8S. The van der Waals surface area contributed by atoms with Crippen LogP contribution in [0.5, 0.6) is 0 Å². The Hall–Kier alpha value is -2.42. The third kappa shape index (κ3) is 2.35. The Kier molecular flexibility index (Phi) is 3.11. The van der Waals surface area contributed by atoms with Crippen LogP contribution in [0.25, 0.3) is 5.65 Å². The summed E-state index contributed by atoms with van der Waals surface area (Å²) >= 11 is 1.29. The zero-order chi connectivity index (χ0) is 14.1. The van der Waals surface area contributed by atoms with Crippen LogP contribution in [0, 0.1) is 0 Å². The molecule has 3 rings (SSSR count). The third-order valence-electron chi connectivity index (χ3n) is 2.49. The molecule has 0 saturated heterocycles. The Morgan fingerprint density at radius 2 is 2.00 bits per heavy atom. The van der Waals surface area contributed by atoms with Gasteiger partial charge in [0.1, 0.15) is 0 Å². The van der Waals surface area contributed by atoms with Crippen LogP contribution in [-0.2, 0) is 0 Å². The molecule has 0 saturated carbocycles. The van der Waals surface area contributed by atoms with E-state index in [1.807, 2.05) is 42.9 Å². The fourth-order valence-electron chi connectivity index (χ4n) is 1.58. The van der Waals surface area contributed by atoms with Gasteiger partial charge in [-0.2, -0.15) is 15.0 Å². The fourth-order valence-corrected chi connectivity index (χ4v) is 2.34. The molecule has 0 aliphatic heterocycles. The normalized spacial score (nSPS) is 10.9. The monoisotopic (exact) mass is 288 g/mol. The van der Waals surface area contributed by atoms with Gasteiger partial charge in [0.25, 0.3) is 0 Å². The summed E-state index contributed by atoms with van der Waals surface area (Å²) in [5.74, 6) is 0.689. The highest BCUT2D eigenvalue weighted by Gasteiger charge is 2.12. The van der Waals surface area contributed by atoms with Crippen molar-refractivity contribution in [3.8, 4) is 0 Å². The fraction of sp³-hybridized carbons (Fsp3) is 0.182. The molecule has 3 heterocycles. The minimum atomic E-state index is 0.181. The van der Waals surface area contributed by atoms with Gasteiger partial charge in [0.2, 0.25) is 22.2 Å². The van der Waals surface area contributed by atoms with E-state index in [2.05, 4.69) is 25.1 Å². The van der Waals surface area contributed by atoms with Crippen LogP contribution in [0.1, 0.15) is 0 Å². The first kappa shape index (κ1) is 12.6. The molecule has 8 nitrogen and oxygen atoms in total. The van der Waals surface area contributed by atoms with Crippen molar-refractivity contribution >= 4 is 29.3 Å². The zero-order valence-electron chi connectivity index (χ0n) is 10.9. The predicted molar refractivity (Wildman–Crippen MR) is 75.7 cm³/mol. The van der Waals surface area contributed by atoms with E-state index in [0.717, 1.165) is 5.65 Å². The number of nitrogens with zero attached hydrogens (tertiary/aromatic N) is 7. The molecule has 0 aliphatic rings. The number of anilines is 2. The van der Waals surface area contributed by atoms with Gasteiger partial charge in [-0.3, -0.25) is 4.40 Å². The van der Waals surface area contributed by atoms with Crippen molar-refractivity contribution in [3.05, 3.63) is 24.4 Å². The molecule has 0 aliphatic carbocycles. The second kappa shape index (κ2) is 4.93. The second-order valence-corrected chi connectivity index (χ2v) is 5.12. The third-order valence-corrected chi connectivity index (χ3v) is 3.31. The smallest absolute Gasteiger partial charge is 0.230 e. The lowest BCUT2D eigenvalue weighted by atomic mass is 10.5. The van der Waals surface area contributed by atoms with Crippen LogP contribution >= 0.6 is 11.8 Å². The average Bonchev–Trinajstić information content (AvgIpc) is 2.82. The van der Waals surface area contributed by atoms with Gasteiger partial charge in [-0.25, -0.2) is 0 Å². The van der Waals surface area contributed by atoms with E-state index >= 15 is 0 Å². The van der Waals surface area contributed by atoms with Crippen molar-refractivity contribution in [3.63, 3.8) is 0 Å². The van der Waals surface area contributed by atoms with E-state index in [9.17, 15) is 0 Å². The Morgan fingerprint density at radius 1 is 1.15 bits per heavy atom. The molecule has 3 aromatic rings. The number of hydrogen-bond donors (Lipinski definition) is 1. The van der Waals surface area contributed by atoms with E-state index in [4.69, 9.17) is 5.73 Å².